The molecular weight excluding hydrogens is 704 g/mol. The standard InChI is InChI=1S/C43H56N2O10/c1-11-42(4,39(48)52-9)26-32(27-43(5,40(49)53-10)29-41(2,3)38(47)51-8)37(46)55-25-15-13-12-14-24-54-34-22-16-30(17-23-34)35(28-44)36(45-6)31-18-20-33(50-7)21-19-31/h16-23,32H,11-15,24-27,29H2,1-5,7-10H3/b36-35-. The summed E-state index contributed by atoms with van der Waals surface area (Å²) in [7, 11) is 5.39. The molecule has 0 radical (unpaired) electrons. The Balaban J connectivity index is 2.00. The Morgan fingerprint density at radius 2 is 1.24 bits per heavy atom. The SMILES string of the molecule is [C-]#[N+]/C(=C(/C#N)c1ccc(OCCCCCCOC(=O)C(CC(C)(CC)C(=O)OC)CC(C)(CC(C)(C)C(=O)OC)C(=O)OC)cc1)c1ccc(OC)cc1. The summed E-state index contributed by atoms with van der Waals surface area (Å²) < 4.78 is 32.0. The second-order valence-electron chi connectivity index (χ2n) is 14.7. The fourth-order valence-corrected chi connectivity index (χ4v) is 6.77. The van der Waals surface area contributed by atoms with E-state index in [0.717, 1.165) is 19.3 Å². The highest BCUT2D eigenvalue weighted by Crippen LogP contribution is 2.44. The van der Waals surface area contributed by atoms with Gasteiger partial charge in [0.15, 0.2) is 0 Å². The first kappa shape index (κ1) is 45.8. The molecule has 0 spiro atoms. The molecule has 55 heavy (non-hydrogen) atoms. The molecule has 12 heteroatoms. The second-order valence-corrected chi connectivity index (χ2v) is 14.7. The zero-order chi connectivity index (χ0) is 41.2. The van der Waals surface area contributed by atoms with Gasteiger partial charge in [-0.05, 0) is 114 Å². The van der Waals surface area contributed by atoms with Gasteiger partial charge in [0.2, 0.25) is 5.70 Å². The zero-order valence-electron chi connectivity index (χ0n) is 33.7. The number of unbranched alkanes of at least 4 members (excludes halogenated alkanes) is 3. The average molecular weight is 761 g/mol. The van der Waals surface area contributed by atoms with Crippen LogP contribution in [0.25, 0.3) is 16.1 Å². The van der Waals surface area contributed by atoms with Gasteiger partial charge in [0.25, 0.3) is 0 Å². The lowest BCUT2D eigenvalue weighted by Gasteiger charge is -2.37. The maximum atomic E-state index is 13.6. The maximum absolute atomic E-state index is 13.6. The third-order valence-electron chi connectivity index (χ3n) is 9.95. The molecule has 0 aromatic heterocycles. The fraction of sp³-hybridized carbons (Fsp3) is 0.535. The fourth-order valence-electron chi connectivity index (χ4n) is 6.77. The molecule has 0 N–H and O–H groups in total. The number of nitrogens with zero attached hydrogens (tertiary/aromatic N) is 2. The van der Waals surface area contributed by atoms with E-state index in [2.05, 4.69) is 10.9 Å². The predicted octanol–water partition coefficient (Wildman–Crippen LogP) is 8.24. The van der Waals surface area contributed by atoms with Gasteiger partial charge in [-0.25, -0.2) is 4.85 Å². The summed E-state index contributed by atoms with van der Waals surface area (Å²) in [6.07, 6.45) is 3.44. The first-order valence-corrected chi connectivity index (χ1v) is 18.4. The summed E-state index contributed by atoms with van der Waals surface area (Å²) >= 11 is 0. The molecule has 0 fully saturated rings. The summed E-state index contributed by atoms with van der Waals surface area (Å²) in [5.41, 5.74) is -1.60. The number of rotatable bonds is 22. The topological polar surface area (TPSA) is 152 Å². The summed E-state index contributed by atoms with van der Waals surface area (Å²) in [4.78, 5) is 55.8. The Morgan fingerprint density at radius 3 is 1.75 bits per heavy atom. The van der Waals surface area contributed by atoms with E-state index < -0.39 is 46.0 Å². The predicted molar refractivity (Wildman–Crippen MR) is 207 cm³/mol. The van der Waals surface area contributed by atoms with Gasteiger partial charge in [0.05, 0.1) is 82.0 Å². The van der Waals surface area contributed by atoms with E-state index in [9.17, 15) is 24.4 Å². The molecule has 0 heterocycles. The van der Waals surface area contributed by atoms with Crippen molar-refractivity contribution >= 4 is 35.1 Å². The number of benzene rings is 2. The van der Waals surface area contributed by atoms with Crippen LogP contribution in [0.3, 0.4) is 0 Å². The van der Waals surface area contributed by atoms with Gasteiger partial charge in [-0.1, -0.05) is 31.2 Å². The van der Waals surface area contributed by atoms with Crippen molar-refractivity contribution in [3.63, 3.8) is 0 Å². The molecule has 298 valence electrons. The summed E-state index contributed by atoms with van der Waals surface area (Å²) in [5, 5.41) is 9.87. The number of esters is 4. The van der Waals surface area contributed by atoms with Crippen LogP contribution in [0.2, 0.25) is 0 Å². The van der Waals surface area contributed by atoms with Crippen molar-refractivity contribution in [2.75, 3.05) is 41.7 Å². The minimum absolute atomic E-state index is 0.0126. The number of methoxy groups -OCH3 is 4. The quantitative estimate of drug-likeness (QED) is 0.0285. The largest absolute Gasteiger partial charge is 0.497 e. The van der Waals surface area contributed by atoms with Crippen LogP contribution in [0.5, 0.6) is 11.5 Å². The van der Waals surface area contributed by atoms with Crippen LogP contribution in [0.4, 0.5) is 0 Å². The lowest BCUT2D eigenvalue weighted by molar-refractivity contribution is -0.163. The molecule has 3 atom stereocenters. The molecular formula is C43H56N2O10. The van der Waals surface area contributed by atoms with E-state index in [1.54, 1.807) is 83.3 Å². The minimum Gasteiger partial charge on any atom is -0.497 e. The molecule has 0 aliphatic heterocycles. The third-order valence-corrected chi connectivity index (χ3v) is 9.95. The highest BCUT2D eigenvalue weighted by molar-refractivity contribution is 5.99. The number of carbonyl (C=O) groups is 4. The number of hydrogen-bond donors (Lipinski definition) is 0. The Kier molecular flexibility index (Phi) is 17.9. The van der Waals surface area contributed by atoms with Crippen molar-refractivity contribution in [3.8, 4) is 17.6 Å². The smallest absolute Gasteiger partial charge is 0.311 e. The van der Waals surface area contributed by atoms with Crippen molar-refractivity contribution in [2.24, 2.45) is 22.2 Å². The van der Waals surface area contributed by atoms with Crippen molar-refractivity contribution < 1.29 is 47.6 Å². The molecule has 12 nitrogen and oxygen atoms in total. The van der Waals surface area contributed by atoms with Crippen molar-refractivity contribution in [3.05, 3.63) is 71.1 Å². The average Bonchev–Trinajstić information content (AvgIpc) is 3.19. The highest BCUT2D eigenvalue weighted by Gasteiger charge is 2.48. The van der Waals surface area contributed by atoms with Crippen LogP contribution in [-0.2, 0) is 38.1 Å². The van der Waals surface area contributed by atoms with Gasteiger partial charge >= 0.3 is 23.9 Å². The highest BCUT2D eigenvalue weighted by atomic mass is 16.5. The number of hydrogen-bond acceptors (Lipinski definition) is 11. The van der Waals surface area contributed by atoms with Crippen molar-refractivity contribution in [1.82, 2.24) is 0 Å². The summed E-state index contributed by atoms with van der Waals surface area (Å²) in [6, 6.07) is 16.2. The van der Waals surface area contributed by atoms with E-state index >= 15 is 0 Å². The second kappa shape index (κ2) is 21.5. The molecule has 2 rings (SSSR count). The van der Waals surface area contributed by atoms with Crippen LogP contribution >= 0.6 is 0 Å². The van der Waals surface area contributed by atoms with Crippen LogP contribution < -0.4 is 9.47 Å². The third kappa shape index (κ3) is 12.9. The monoisotopic (exact) mass is 760 g/mol. The van der Waals surface area contributed by atoms with E-state index in [1.165, 1.54) is 21.3 Å². The van der Waals surface area contributed by atoms with Crippen LogP contribution in [0.15, 0.2) is 48.5 Å². The van der Waals surface area contributed by atoms with Crippen molar-refractivity contribution in [2.45, 2.75) is 86.0 Å². The molecule has 0 saturated heterocycles. The van der Waals surface area contributed by atoms with Crippen LogP contribution in [0.1, 0.15) is 97.1 Å². The van der Waals surface area contributed by atoms with Gasteiger partial charge in [0.1, 0.15) is 11.5 Å². The lowest BCUT2D eigenvalue weighted by Crippen LogP contribution is -2.42. The number of ether oxygens (including phenoxy) is 6. The zero-order valence-corrected chi connectivity index (χ0v) is 33.7. The molecule has 2 aromatic carbocycles. The molecule has 0 bridgehead atoms. The summed E-state index contributed by atoms with van der Waals surface area (Å²) in [6.45, 7) is 16.8. The minimum atomic E-state index is -1.27. The van der Waals surface area contributed by atoms with E-state index in [4.69, 9.17) is 35.0 Å². The molecule has 0 amide bonds. The van der Waals surface area contributed by atoms with Crippen molar-refractivity contribution in [1.29, 1.82) is 5.26 Å². The molecule has 0 saturated carbocycles. The Morgan fingerprint density at radius 1 is 0.727 bits per heavy atom. The molecule has 3 unspecified atom stereocenters. The summed E-state index contributed by atoms with van der Waals surface area (Å²) in [5.74, 6) is -1.67. The van der Waals surface area contributed by atoms with Gasteiger partial charge in [-0.3, -0.25) is 19.2 Å². The van der Waals surface area contributed by atoms with Gasteiger partial charge in [-0.15, -0.1) is 0 Å². The maximum Gasteiger partial charge on any atom is 0.311 e. The van der Waals surface area contributed by atoms with E-state index in [0.29, 0.717) is 42.1 Å². The number of carbonyl (C=O) groups excluding carboxylic acids is 4. The van der Waals surface area contributed by atoms with Crippen LogP contribution in [-0.4, -0.2) is 65.5 Å². The molecule has 0 aliphatic rings. The van der Waals surface area contributed by atoms with E-state index in [1.807, 2.05) is 6.92 Å². The molecule has 2 aromatic rings. The van der Waals surface area contributed by atoms with E-state index in [-0.39, 0.29) is 37.1 Å². The molecule has 0 aliphatic carbocycles. The van der Waals surface area contributed by atoms with Gasteiger partial charge in [-0.2, -0.15) is 5.26 Å². The normalized spacial score (nSPS) is 14.3. The first-order chi connectivity index (χ1) is 26.1. The number of nitriles is 1. The van der Waals surface area contributed by atoms with Crippen LogP contribution in [0, 0.1) is 40.1 Å². The van der Waals surface area contributed by atoms with Gasteiger partial charge < -0.3 is 28.4 Å². The lowest BCUT2D eigenvalue weighted by atomic mass is 9.67. The Labute approximate surface area is 325 Å². The number of allylic oxidation sites excluding steroid dienone is 1. The first-order valence-electron chi connectivity index (χ1n) is 18.4. The Hall–Kier alpha value is -5.36. The Bertz CT molecular complexity index is 1720. The van der Waals surface area contributed by atoms with Gasteiger partial charge in [0, 0.05) is 0 Å².